The van der Waals surface area contributed by atoms with Crippen LogP contribution in [0.1, 0.15) is 32.4 Å². The lowest BCUT2D eigenvalue weighted by Gasteiger charge is -2.40. The van der Waals surface area contributed by atoms with E-state index in [0.717, 1.165) is 64.4 Å². The maximum Gasteiger partial charge on any atom is 0.227 e. The summed E-state index contributed by atoms with van der Waals surface area (Å²) in [5.74, 6) is 1.51. The Labute approximate surface area is 139 Å². The number of rotatable bonds is 4. The van der Waals surface area contributed by atoms with Gasteiger partial charge in [0.2, 0.25) is 5.91 Å². The molecular weight excluding hydrogens is 290 g/mol. The number of piperazine rings is 1. The van der Waals surface area contributed by atoms with Gasteiger partial charge in [0.05, 0.1) is 18.7 Å². The zero-order chi connectivity index (χ0) is 16.2. The SMILES string of the molecule is CC(C)N1CCN(C(=O)C2CCCN(Cc3ccco3)C2)CC1. The molecule has 0 aliphatic carbocycles. The minimum Gasteiger partial charge on any atom is -0.468 e. The first-order chi connectivity index (χ1) is 11.1. The summed E-state index contributed by atoms with van der Waals surface area (Å²) in [5.41, 5.74) is 0. The molecule has 3 rings (SSSR count). The minimum absolute atomic E-state index is 0.157. The lowest BCUT2D eigenvalue weighted by molar-refractivity contribution is -0.139. The van der Waals surface area contributed by atoms with E-state index in [1.165, 1.54) is 0 Å². The molecule has 2 aliphatic heterocycles. The number of piperidine rings is 1. The van der Waals surface area contributed by atoms with Crippen molar-refractivity contribution in [2.45, 2.75) is 39.3 Å². The monoisotopic (exact) mass is 319 g/mol. The molecule has 2 fully saturated rings. The summed E-state index contributed by atoms with van der Waals surface area (Å²) in [4.78, 5) is 19.7. The van der Waals surface area contributed by atoms with E-state index in [2.05, 4.69) is 28.5 Å². The van der Waals surface area contributed by atoms with E-state index >= 15 is 0 Å². The normalized spacial score (nSPS) is 24.3. The minimum atomic E-state index is 0.157. The summed E-state index contributed by atoms with van der Waals surface area (Å²) in [5, 5.41) is 0. The molecule has 1 amide bonds. The van der Waals surface area contributed by atoms with Gasteiger partial charge in [-0.1, -0.05) is 0 Å². The van der Waals surface area contributed by atoms with E-state index in [-0.39, 0.29) is 5.92 Å². The highest BCUT2D eigenvalue weighted by atomic mass is 16.3. The van der Waals surface area contributed by atoms with E-state index in [4.69, 9.17) is 4.42 Å². The molecule has 1 unspecified atom stereocenters. The summed E-state index contributed by atoms with van der Waals surface area (Å²) >= 11 is 0. The van der Waals surface area contributed by atoms with Crippen molar-refractivity contribution in [2.75, 3.05) is 39.3 Å². The third-order valence-corrected chi connectivity index (χ3v) is 5.17. The number of nitrogens with zero attached hydrogens (tertiary/aromatic N) is 3. The van der Waals surface area contributed by atoms with Crippen LogP contribution in [0.25, 0.3) is 0 Å². The molecule has 2 aliphatic rings. The fourth-order valence-electron chi connectivity index (χ4n) is 3.74. The molecular formula is C18H29N3O2. The van der Waals surface area contributed by atoms with Gasteiger partial charge in [-0.05, 0) is 45.4 Å². The Balaban J connectivity index is 1.51. The molecule has 1 atom stereocenters. The predicted molar refractivity (Wildman–Crippen MR) is 90.0 cm³/mol. The number of likely N-dealkylation sites (tertiary alicyclic amines) is 1. The largest absolute Gasteiger partial charge is 0.468 e. The highest BCUT2D eigenvalue weighted by molar-refractivity contribution is 5.79. The number of hydrogen-bond acceptors (Lipinski definition) is 4. The van der Waals surface area contributed by atoms with Gasteiger partial charge < -0.3 is 9.32 Å². The van der Waals surface area contributed by atoms with Crippen molar-refractivity contribution in [1.29, 1.82) is 0 Å². The zero-order valence-electron chi connectivity index (χ0n) is 14.4. The van der Waals surface area contributed by atoms with Crippen molar-refractivity contribution in [3.8, 4) is 0 Å². The number of carbonyl (C=O) groups excluding carboxylic acids is 1. The highest BCUT2D eigenvalue weighted by Crippen LogP contribution is 2.21. The second-order valence-electron chi connectivity index (χ2n) is 7.11. The fraction of sp³-hybridized carbons (Fsp3) is 0.722. The quantitative estimate of drug-likeness (QED) is 0.851. The molecule has 2 saturated heterocycles. The fourth-order valence-corrected chi connectivity index (χ4v) is 3.74. The van der Waals surface area contributed by atoms with Crippen molar-refractivity contribution < 1.29 is 9.21 Å². The molecule has 1 aromatic rings. The van der Waals surface area contributed by atoms with Gasteiger partial charge in [-0.2, -0.15) is 0 Å². The molecule has 0 aromatic carbocycles. The van der Waals surface area contributed by atoms with Crippen molar-refractivity contribution in [3.05, 3.63) is 24.2 Å². The van der Waals surface area contributed by atoms with Crippen LogP contribution < -0.4 is 0 Å². The third kappa shape index (κ3) is 4.15. The standard InChI is InChI=1S/C18H29N3O2/c1-15(2)20-8-10-21(11-9-20)18(22)16-5-3-7-19(13-16)14-17-6-4-12-23-17/h4,6,12,15-16H,3,5,7-11,13-14H2,1-2H3. The number of amides is 1. The Morgan fingerprint density at radius 2 is 2.04 bits per heavy atom. The number of furan rings is 1. The first-order valence-corrected chi connectivity index (χ1v) is 8.91. The lowest BCUT2D eigenvalue weighted by Crippen LogP contribution is -2.53. The van der Waals surface area contributed by atoms with E-state index in [1.54, 1.807) is 6.26 Å². The first kappa shape index (κ1) is 16.5. The van der Waals surface area contributed by atoms with Crippen molar-refractivity contribution in [2.24, 2.45) is 5.92 Å². The first-order valence-electron chi connectivity index (χ1n) is 8.91. The van der Waals surface area contributed by atoms with Crippen LogP contribution in [0.5, 0.6) is 0 Å². The van der Waals surface area contributed by atoms with Gasteiger partial charge in [0.15, 0.2) is 0 Å². The summed E-state index contributed by atoms with van der Waals surface area (Å²) in [6.07, 6.45) is 3.84. The Bertz CT molecular complexity index is 492. The summed E-state index contributed by atoms with van der Waals surface area (Å²) in [7, 11) is 0. The van der Waals surface area contributed by atoms with Crippen LogP contribution >= 0.6 is 0 Å². The molecule has 1 aromatic heterocycles. The van der Waals surface area contributed by atoms with Crippen LogP contribution in [0.4, 0.5) is 0 Å². The molecule has 5 heteroatoms. The van der Waals surface area contributed by atoms with Crippen molar-refractivity contribution in [3.63, 3.8) is 0 Å². The van der Waals surface area contributed by atoms with Gasteiger partial charge in [0, 0.05) is 38.8 Å². The van der Waals surface area contributed by atoms with Gasteiger partial charge in [0.25, 0.3) is 0 Å². The van der Waals surface area contributed by atoms with Gasteiger partial charge in [-0.25, -0.2) is 0 Å². The Morgan fingerprint density at radius 3 is 2.70 bits per heavy atom. The Morgan fingerprint density at radius 1 is 1.26 bits per heavy atom. The lowest BCUT2D eigenvalue weighted by atomic mass is 9.96. The molecule has 0 N–H and O–H groups in total. The molecule has 3 heterocycles. The van der Waals surface area contributed by atoms with Crippen LogP contribution in [0.3, 0.4) is 0 Å². The zero-order valence-corrected chi connectivity index (χ0v) is 14.4. The summed E-state index contributed by atoms with van der Waals surface area (Å²) in [6, 6.07) is 4.51. The van der Waals surface area contributed by atoms with Gasteiger partial charge in [-0.15, -0.1) is 0 Å². The molecule has 128 valence electrons. The van der Waals surface area contributed by atoms with Crippen molar-refractivity contribution in [1.82, 2.24) is 14.7 Å². The predicted octanol–water partition coefficient (Wildman–Crippen LogP) is 2.04. The van der Waals surface area contributed by atoms with E-state index in [9.17, 15) is 4.79 Å². The molecule has 0 radical (unpaired) electrons. The molecule has 0 saturated carbocycles. The number of hydrogen-bond donors (Lipinski definition) is 0. The maximum absolute atomic E-state index is 12.8. The van der Waals surface area contributed by atoms with Crippen LogP contribution in [-0.2, 0) is 11.3 Å². The maximum atomic E-state index is 12.8. The highest BCUT2D eigenvalue weighted by Gasteiger charge is 2.31. The smallest absolute Gasteiger partial charge is 0.227 e. The number of carbonyl (C=O) groups is 1. The molecule has 5 nitrogen and oxygen atoms in total. The van der Waals surface area contributed by atoms with Crippen LogP contribution in [0.15, 0.2) is 22.8 Å². The second-order valence-corrected chi connectivity index (χ2v) is 7.11. The van der Waals surface area contributed by atoms with Gasteiger partial charge in [0.1, 0.15) is 5.76 Å². The molecule has 0 bridgehead atoms. The van der Waals surface area contributed by atoms with Gasteiger partial charge in [-0.3, -0.25) is 14.6 Å². The summed E-state index contributed by atoms with van der Waals surface area (Å²) in [6.45, 7) is 11.0. The van der Waals surface area contributed by atoms with Crippen LogP contribution in [0, 0.1) is 5.92 Å². The van der Waals surface area contributed by atoms with E-state index in [1.807, 2.05) is 12.1 Å². The topological polar surface area (TPSA) is 39.9 Å². The summed E-state index contributed by atoms with van der Waals surface area (Å²) < 4.78 is 5.44. The average molecular weight is 319 g/mol. The molecule has 23 heavy (non-hydrogen) atoms. The van der Waals surface area contributed by atoms with E-state index in [0.29, 0.717) is 11.9 Å². The van der Waals surface area contributed by atoms with Crippen molar-refractivity contribution >= 4 is 5.91 Å². The Hall–Kier alpha value is -1.33. The Kier molecular flexibility index (Phi) is 5.38. The van der Waals surface area contributed by atoms with Crippen LogP contribution in [-0.4, -0.2) is 65.9 Å². The van der Waals surface area contributed by atoms with Gasteiger partial charge >= 0.3 is 0 Å². The third-order valence-electron chi connectivity index (χ3n) is 5.17. The molecule has 0 spiro atoms. The second kappa shape index (κ2) is 7.49. The van der Waals surface area contributed by atoms with E-state index < -0.39 is 0 Å². The van der Waals surface area contributed by atoms with Crippen LogP contribution in [0.2, 0.25) is 0 Å². The average Bonchev–Trinajstić information content (AvgIpc) is 3.07.